The van der Waals surface area contributed by atoms with Crippen LogP contribution >= 0.6 is 11.8 Å². The predicted octanol–water partition coefficient (Wildman–Crippen LogP) is 1.85. The third kappa shape index (κ3) is 3.79. The van der Waals surface area contributed by atoms with Crippen LogP contribution in [0.15, 0.2) is 5.16 Å². The first-order valence-electron chi connectivity index (χ1n) is 5.74. The van der Waals surface area contributed by atoms with Crippen LogP contribution in [-0.4, -0.2) is 33.1 Å². The van der Waals surface area contributed by atoms with Crippen molar-refractivity contribution in [2.45, 2.75) is 38.9 Å². The average Bonchev–Trinajstić information content (AvgIpc) is 2.55. The Hall–Kier alpha value is -0.550. The quantitative estimate of drug-likeness (QED) is 0.611. The molecule has 0 spiro atoms. The van der Waals surface area contributed by atoms with E-state index in [0.717, 1.165) is 23.3 Å². The highest BCUT2D eigenvalue weighted by molar-refractivity contribution is 7.99. The van der Waals surface area contributed by atoms with Crippen LogP contribution in [0.4, 0.5) is 0 Å². The molecule has 0 aliphatic carbocycles. The fourth-order valence-corrected chi connectivity index (χ4v) is 2.00. The Kier molecular flexibility index (Phi) is 5.28. The molecule has 0 saturated heterocycles. The lowest BCUT2D eigenvalue weighted by atomic mass is 10.1. The van der Waals surface area contributed by atoms with Crippen molar-refractivity contribution in [2.75, 3.05) is 12.3 Å². The van der Waals surface area contributed by atoms with Crippen molar-refractivity contribution >= 4 is 11.8 Å². The number of aryl methyl sites for hydroxylation is 1. The molecule has 1 aromatic rings. The number of hydrogen-bond acceptors (Lipinski definition) is 4. The van der Waals surface area contributed by atoms with Crippen LogP contribution in [0.25, 0.3) is 0 Å². The molecule has 0 aliphatic heterocycles. The minimum Gasteiger partial charge on any atom is -0.313 e. The summed E-state index contributed by atoms with van der Waals surface area (Å²) in [5.74, 6) is 2.68. The standard InChI is InChI=1S/C11H22N4S/c1-8(2)9(3)12-6-7-16-11-14-13-10(4)15(11)5/h8-9,12H,6-7H2,1-5H3. The summed E-state index contributed by atoms with van der Waals surface area (Å²) in [5.41, 5.74) is 0. The maximum Gasteiger partial charge on any atom is 0.190 e. The average molecular weight is 242 g/mol. The van der Waals surface area contributed by atoms with E-state index in [4.69, 9.17) is 0 Å². The number of hydrogen-bond donors (Lipinski definition) is 1. The summed E-state index contributed by atoms with van der Waals surface area (Å²) < 4.78 is 2.02. The van der Waals surface area contributed by atoms with Crippen LogP contribution in [0.3, 0.4) is 0 Å². The molecule has 0 amide bonds. The van der Waals surface area contributed by atoms with Gasteiger partial charge in [-0.2, -0.15) is 0 Å². The summed E-state index contributed by atoms with van der Waals surface area (Å²) in [6.07, 6.45) is 0. The molecule has 0 saturated carbocycles. The second kappa shape index (κ2) is 6.25. The van der Waals surface area contributed by atoms with Crippen LogP contribution in [0, 0.1) is 12.8 Å². The van der Waals surface area contributed by atoms with Gasteiger partial charge in [0.15, 0.2) is 5.16 Å². The second-order valence-electron chi connectivity index (χ2n) is 4.42. The Bertz CT molecular complexity index is 322. The predicted molar refractivity (Wildman–Crippen MR) is 68.8 cm³/mol. The zero-order chi connectivity index (χ0) is 12.1. The van der Waals surface area contributed by atoms with E-state index in [1.165, 1.54) is 0 Å². The Morgan fingerprint density at radius 1 is 1.31 bits per heavy atom. The molecular weight excluding hydrogens is 220 g/mol. The van der Waals surface area contributed by atoms with Gasteiger partial charge in [-0.25, -0.2) is 0 Å². The van der Waals surface area contributed by atoms with E-state index >= 15 is 0 Å². The molecule has 1 aromatic heterocycles. The van der Waals surface area contributed by atoms with Crippen LogP contribution < -0.4 is 5.32 Å². The van der Waals surface area contributed by atoms with Crippen molar-refractivity contribution < 1.29 is 0 Å². The van der Waals surface area contributed by atoms with Gasteiger partial charge >= 0.3 is 0 Å². The maximum atomic E-state index is 4.12. The first kappa shape index (κ1) is 13.5. The fraction of sp³-hybridized carbons (Fsp3) is 0.818. The summed E-state index contributed by atoms with van der Waals surface area (Å²) >= 11 is 1.75. The highest BCUT2D eigenvalue weighted by Crippen LogP contribution is 2.14. The Morgan fingerprint density at radius 3 is 2.50 bits per heavy atom. The molecule has 92 valence electrons. The van der Waals surface area contributed by atoms with Gasteiger partial charge in [0.25, 0.3) is 0 Å². The lowest BCUT2D eigenvalue weighted by Gasteiger charge is -2.16. The van der Waals surface area contributed by atoms with Gasteiger partial charge in [0, 0.05) is 25.4 Å². The number of nitrogens with zero attached hydrogens (tertiary/aromatic N) is 3. The molecule has 5 heteroatoms. The molecule has 0 bridgehead atoms. The van der Waals surface area contributed by atoms with Gasteiger partial charge in [-0.1, -0.05) is 25.6 Å². The van der Waals surface area contributed by atoms with Crippen LogP contribution in [0.5, 0.6) is 0 Å². The topological polar surface area (TPSA) is 42.7 Å². The molecule has 1 atom stereocenters. The van der Waals surface area contributed by atoms with Gasteiger partial charge in [-0.05, 0) is 19.8 Å². The van der Waals surface area contributed by atoms with E-state index in [1.54, 1.807) is 11.8 Å². The molecule has 1 unspecified atom stereocenters. The van der Waals surface area contributed by atoms with E-state index < -0.39 is 0 Å². The maximum absolute atomic E-state index is 4.12. The van der Waals surface area contributed by atoms with Crippen molar-refractivity contribution in [3.05, 3.63) is 5.82 Å². The number of thioether (sulfide) groups is 1. The van der Waals surface area contributed by atoms with Gasteiger partial charge < -0.3 is 9.88 Å². The lowest BCUT2D eigenvalue weighted by molar-refractivity contribution is 0.438. The van der Waals surface area contributed by atoms with Gasteiger partial charge in [0.05, 0.1) is 0 Å². The second-order valence-corrected chi connectivity index (χ2v) is 5.49. The third-order valence-corrected chi connectivity index (χ3v) is 3.87. The third-order valence-electron chi connectivity index (χ3n) is 2.85. The Balaban J connectivity index is 2.24. The van der Waals surface area contributed by atoms with Crippen LogP contribution in [0.1, 0.15) is 26.6 Å². The summed E-state index contributed by atoms with van der Waals surface area (Å²) in [6.45, 7) is 9.67. The Labute approximate surface area is 102 Å². The molecule has 16 heavy (non-hydrogen) atoms. The molecule has 0 radical (unpaired) electrons. The number of nitrogens with one attached hydrogen (secondary N) is 1. The zero-order valence-electron chi connectivity index (χ0n) is 10.8. The van der Waals surface area contributed by atoms with Gasteiger partial charge in [0.2, 0.25) is 0 Å². The molecule has 0 aliphatic rings. The summed E-state index contributed by atoms with van der Waals surface area (Å²) in [7, 11) is 2.00. The monoisotopic (exact) mass is 242 g/mol. The molecular formula is C11H22N4S. The van der Waals surface area contributed by atoms with Crippen LogP contribution in [-0.2, 0) is 7.05 Å². The molecule has 1 rings (SSSR count). The Morgan fingerprint density at radius 2 is 2.00 bits per heavy atom. The van der Waals surface area contributed by atoms with Gasteiger partial charge in [-0.3, -0.25) is 0 Å². The van der Waals surface area contributed by atoms with Crippen molar-refractivity contribution in [2.24, 2.45) is 13.0 Å². The van der Waals surface area contributed by atoms with Gasteiger partial charge in [0.1, 0.15) is 5.82 Å². The summed E-state index contributed by atoms with van der Waals surface area (Å²) in [6, 6.07) is 0.571. The lowest BCUT2D eigenvalue weighted by Crippen LogP contribution is -2.32. The number of aromatic nitrogens is 3. The van der Waals surface area contributed by atoms with Crippen LogP contribution in [0.2, 0.25) is 0 Å². The van der Waals surface area contributed by atoms with E-state index in [2.05, 4.69) is 36.3 Å². The molecule has 0 fully saturated rings. The highest BCUT2D eigenvalue weighted by atomic mass is 32.2. The first-order valence-corrected chi connectivity index (χ1v) is 6.73. The largest absolute Gasteiger partial charge is 0.313 e. The fourth-order valence-electron chi connectivity index (χ4n) is 1.18. The molecule has 1 heterocycles. The van der Waals surface area contributed by atoms with E-state index in [-0.39, 0.29) is 0 Å². The smallest absolute Gasteiger partial charge is 0.190 e. The van der Waals surface area contributed by atoms with E-state index in [1.807, 2.05) is 18.5 Å². The zero-order valence-corrected chi connectivity index (χ0v) is 11.6. The summed E-state index contributed by atoms with van der Waals surface area (Å²) in [5, 5.41) is 12.6. The number of rotatable bonds is 6. The highest BCUT2D eigenvalue weighted by Gasteiger charge is 2.07. The minimum atomic E-state index is 0.571. The van der Waals surface area contributed by atoms with Crippen molar-refractivity contribution in [3.63, 3.8) is 0 Å². The van der Waals surface area contributed by atoms with Crippen molar-refractivity contribution in [1.82, 2.24) is 20.1 Å². The molecule has 4 nitrogen and oxygen atoms in total. The van der Waals surface area contributed by atoms with E-state index in [9.17, 15) is 0 Å². The van der Waals surface area contributed by atoms with Gasteiger partial charge in [-0.15, -0.1) is 10.2 Å². The summed E-state index contributed by atoms with van der Waals surface area (Å²) in [4.78, 5) is 0. The molecule has 0 aromatic carbocycles. The first-order chi connectivity index (χ1) is 7.52. The SMILES string of the molecule is Cc1nnc(SCCNC(C)C(C)C)n1C. The van der Waals surface area contributed by atoms with E-state index in [0.29, 0.717) is 12.0 Å². The molecule has 1 N–H and O–H groups in total. The normalized spacial score (nSPS) is 13.4. The van der Waals surface area contributed by atoms with Crippen molar-refractivity contribution in [1.29, 1.82) is 0 Å². The van der Waals surface area contributed by atoms with Crippen molar-refractivity contribution in [3.8, 4) is 0 Å². The minimum absolute atomic E-state index is 0.571.